The predicted octanol–water partition coefficient (Wildman–Crippen LogP) is 23.9. The van der Waals surface area contributed by atoms with Crippen LogP contribution < -0.4 is 19.6 Å². The molecule has 0 aliphatic carbocycles. The average molecular weight is 1200 g/mol. The van der Waals surface area contributed by atoms with Crippen molar-refractivity contribution >= 4 is 51.3 Å². The fourth-order valence-electron chi connectivity index (χ4n) is 12.8. The zero-order chi connectivity index (χ0) is 63.4. The minimum absolute atomic E-state index is 0.223. The molecule has 3 aliphatic heterocycles. The molecule has 0 N–H and O–H groups in total. The van der Waals surface area contributed by atoms with Crippen molar-refractivity contribution in [3.05, 3.63) is 263 Å². The van der Waals surface area contributed by atoms with Crippen LogP contribution in [0.1, 0.15) is 200 Å². The molecule has 0 radical (unpaired) electrons. The van der Waals surface area contributed by atoms with Crippen molar-refractivity contribution in [3.63, 3.8) is 0 Å². The van der Waals surface area contributed by atoms with Crippen LogP contribution in [0.15, 0.2) is 218 Å². The molecule has 3 heterocycles. The minimum Gasteiger partial charge on any atom is -0.371 e. The van der Waals surface area contributed by atoms with E-state index < -0.39 is 0 Å². The Morgan fingerprint density at radius 2 is 0.767 bits per heavy atom. The Kier molecular flexibility index (Phi) is 24.4. The molecule has 0 fully saturated rings. The summed E-state index contributed by atoms with van der Waals surface area (Å²) < 4.78 is 0. The lowest BCUT2D eigenvalue weighted by atomic mass is 9.87. The molecule has 0 saturated heterocycles. The second-order valence-electron chi connectivity index (χ2n) is 26.2. The molecule has 0 aromatic heterocycles. The summed E-state index contributed by atoms with van der Waals surface area (Å²) in [5, 5.41) is 0. The van der Waals surface area contributed by atoms with E-state index in [2.05, 4.69) is 265 Å². The highest BCUT2D eigenvalue weighted by Gasteiger charge is 2.25. The van der Waals surface area contributed by atoms with Gasteiger partial charge < -0.3 is 19.6 Å². The molecule has 9 aromatic carbocycles. The SMILES string of the molecule is CC(C)c1cc2c3c(c1)CCCN3CCC2.CC(C)c1ccc(-c2ccc(N(c3ccccc3)c3ccccc3)cc2)cc1.CCCCC(=O)c1ccc(N(c2ccccc2)c2ccc(C(C)C)cc2)cc1.CCCCCN1CCCc2cc(C(C)C)ccc21. The summed E-state index contributed by atoms with van der Waals surface area (Å²) >= 11 is 0. The van der Waals surface area contributed by atoms with Crippen LogP contribution in [0.4, 0.5) is 45.5 Å². The van der Waals surface area contributed by atoms with Crippen LogP contribution in [-0.2, 0) is 19.3 Å². The van der Waals surface area contributed by atoms with E-state index in [1.165, 1.54) is 123 Å². The highest BCUT2D eigenvalue weighted by atomic mass is 16.1. The summed E-state index contributed by atoms with van der Waals surface area (Å²) in [5.41, 5.74) is 23.6. The molecule has 0 atom stereocenters. The molecule has 5 nitrogen and oxygen atoms in total. The van der Waals surface area contributed by atoms with Gasteiger partial charge in [-0.05, 0) is 216 Å². The number of para-hydroxylation sites is 3. The van der Waals surface area contributed by atoms with Gasteiger partial charge in [0.05, 0.1) is 0 Å². The highest BCUT2D eigenvalue weighted by Crippen LogP contribution is 2.40. The molecule has 0 unspecified atom stereocenters. The normalized spacial score (nSPS) is 13.1. The van der Waals surface area contributed by atoms with Crippen LogP contribution in [-0.4, -0.2) is 32.0 Å². The maximum Gasteiger partial charge on any atom is 0.162 e. The minimum atomic E-state index is 0.223. The van der Waals surface area contributed by atoms with Crippen molar-refractivity contribution in [1.82, 2.24) is 0 Å². The van der Waals surface area contributed by atoms with Crippen LogP contribution in [0.2, 0.25) is 0 Å². The lowest BCUT2D eigenvalue weighted by Gasteiger charge is -2.37. The molecule has 9 aromatic rings. The lowest BCUT2D eigenvalue weighted by molar-refractivity contribution is 0.0979. The molecule has 0 amide bonds. The molecule has 12 rings (SSSR count). The van der Waals surface area contributed by atoms with Crippen molar-refractivity contribution in [2.45, 2.75) is 170 Å². The number of carbonyl (C=O) groups is 1. The zero-order valence-electron chi connectivity index (χ0n) is 56.1. The standard InChI is InChI=1S/C27H25N.C26H29NO.C17H27N.C15H21N/c1-21(2)22-13-15-23(16-14-22)24-17-19-27(20-18-24)28(25-9-5-3-6-10-25)26-11-7-4-8-12-26;1-4-5-11-26(28)22-14-18-25(19-15-22)27(23-9-7-6-8-10-23)24-16-12-21(13-17-24)20(2)3;1-4-5-6-11-18-12-7-8-16-13-15(14(2)3)9-10-17(16)18;1-11(2)14-9-12-5-3-7-16-8-4-6-13(10-14)15(12)16/h3-21H,1-2H3;6-10,12-20H,4-5,11H2,1-3H3;9-10,13-14H,4-8,11-12H2,1-3H3;9-11H,3-8H2,1-2H3. The fourth-order valence-corrected chi connectivity index (χ4v) is 12.8. The number of hydrogen-bond acceptors (Lipinski definition) is 5. The number of carbonyl (C=O) groups excluding carboxylic acids is 1. The third-order valence-corrected chi connectivity index (χ3v) is 18.1. The Bertz CT molecular complexity index is 3520. The van der Waals surface area contributed by atoms with E-state index in [9.17, 15) is 4.79 Å². The second kappa shape index (κ2) is 33.1. The Morgan fingerprint density at radius 1 is 0.389 bits per heavy atom. The van der Waals surface area contributed by atoms with Crippen LogP contribution in [0.5, 0.6) is 0 Å². The quantitative estimate of drug-likeness (QED) is 0.0595. The van der Waals surface area contributed by atoms with Crippen LogP contribution in [0, 0.1) is 0 Å². The molecule has 5 heteroatoms. The van der Waals surface area contributed by atoms with Gasteiger partial charge in [-0.3, -0.25) is 4.79 Å². The van der Waals surface area contributed by atoms with Gasteiger partial charge in [-0.2, -0.15) is 0 Å². The number of ketones is 1. The number of fused-ring (bicyclic) bond motifs is 1. The van der Waals surface area contributed by atoms with Gasteiger partial charge in [-0.15, -0.1) is 0 Å². The lowest BCUT2D eigenvalue weighted by Crippen LogP contribution is -2.34. The van der Waals surface area contributed by atoms with E-state index in [-0.39, 0.29) is 5.78 Å². The van der Waals surface area contributed by atoms with Gasteiger partial charge in [0.25, 0.3) is 0 Å². The summed E-state index contributed by atoms with van der Waals surface area (Å²) in [6.45, 7) is 27.5. The monoisotopic (exact) mass is 1190 g/mol. The van der Waals surface area contributed by atoms with E-state index in [0.717, 1.165) is 52.5 Å². The molecular formula is C85H102N4O. The summed E-state index contributed by atoms with van der Waals surface area (Å²) in [6.07, 6.45) is 14.5. The third kappa shape index (κ3) is 17.6. The van der Waals surface area contributed by atoms with E-state index in [4.69, 9.17) is 0 Å². The first-order chi connectivity index (χ1) is 43.8. The van der Waals surface area contributed by atoms with Crippen molar-refractivity contribution in [1.29, 1.82) is 0 Å². The van der Waals surface area contributed by atoms with E-state index in [1.807, 2.05) is 42.5 Å². The summed E-state index contributed by atoms with van der Waals surface area (Å²) in [7, 11) is 0. The maximum absolute atomic E-state index is 12.3. The molecule has 0 spiro atoms. The number of Topliss-reactive ketones (excluding diaryl/α,β-unsaturated/α-hetero) is 1. The Hall–Kier alpha value is -8.15. The number of benzene rings is 9. The number of unbranched alkanes of at least 4 members (excludes halogenated alkanes) is 3. The number of aryl methyl sites for hydroxylation is 3. The molecule has 3 aliphatic rings. The number of anilines is 8. The second-order valence-corrected chi connectivity index (χ2v) is 26.2. The summed E-state index contributed by atoms with van der Waals surface area (Å²) in [6, 6.07) is 77.8. The molecule has 0 saturated carbocycles. The topological polar surface area (TPSA) is 30.0 Å². The Labute approximate surface area is 542 Å². The van der Waals surface area contributed by atoms with Crippen molar-refractivity contribution in [2.24, 2.45) is 0 Å². The van der Waals surface area contributed by atoms with Gasteiger partial charge in [-0.1, -0.05) is 216 Å². The highest BCUT2D eigenvalue weighted by molar-refractivity contribution is 5.96. The van der Waals surface area contributed by atoms with Gasteiger partial charge in [0, 0.05) is 83.7 Å². The average Bonchev–Trinajstić information content (AvgIpc) is 1.09. The smallest absolute Gasteiger partial charge is 0.162 e. The fraction of sp³-hybridized carbons (Fsp3) is 0.353. The molecule has 0 bridgehead atoms. The van der Waals surface area contributed by atoms with Gasteiger partial charge in [0.1, 0.15) is 0 Å². The van der Waals surface area contributed by atoms with Crippen molar-refractivity contribution in [3.8, 4) is 11.1 Å². The molecule has 90 heavy (non-hydrogen) atoms. The summed E-state index contributed by atoms with van der Waals surface area (Å²) in [4.78, 5) is 22.0. The van der Waals surface area contributed by atoms with Gasteiger partial charge in [0.15, 0.2) is 5.78 Å². The number of nitrogens with zero attached hydrogens (tertiary/aromatic N) is 4. The van der Waals surface area contributed by atoms with Crippen molar-refractivity contribution in [2.75, 3.05) is 45.8 Å². The maximum atomic E-state index is 12.3. The largest absolute Gasteiger partial charge is 0.371 e. The van der Waals surface area contributed by atoms with E-state index in [1.54, 1.807) is 22.4 Å². The van der Waals surface area contributed by atoms with Crippen molar-refractivity contribution < 1.29 is 4.79 Å². The summed E-state index contributed by atoms with van der Waals surface area (Å²) in [5.74, 6) is 2.60. The Balaban J connectivity index is 0.000000146. The van der Waals surface area contributed by atoms with Gasteiger partial charge in [0.2, 0.25) is 0 Å². The van der Waals surface area contributed by atoms with Crippen LogP contribution >= 0.6 is 0 Å². The Morgan fingerprint density at radius 3 is 1.22 bits per heavy atom. The van der Waals surface area contributed by atoms with E-state index >= 15 is 0 Å². The third-order valence-electron chi connectivity index (χ3n) is 18.1. The van der Waals surface area contributed by atoms with Crippen LogP contribution in [0.25, 0.3) is 11.1 Å². The molecular weight excluding hydrogens is 1090 g/mol. The number of hydrogen-bond donors (Lipinski definition) is 0. The number of rotatable bonds is 19. The molecule has 468 valence electrons. The van der Waals surface area contributed by atoms with Gasteiger partial charge in [-0.25, -0.2) is 0 Å². The first kappa shape index (κ1) is 66.3. The first-order valence-electron chi connectivity index (χ1n) is 34.3. The van der Waals surface area contributed by atoms with Gasteiger partial charge >= 0.3 is 0 Å². The van der Waals surface area contributed by atoms with E-state index in [0.29, 0.717) is 30.1 Å². The predicted molar refractivity (Wildman–Crippen MR) is 390 cm³/mol. The zero-order valence-corrected chi connectivity index (χ0v) is 56.1. The van der Waals surface area contributed by atoms with Crippen LogP contribution in [0.3, 0.4) is 0 Å². The first-order valence-corrected chi connectivity index (χ1v) is 34.3.